The Morgan fingerprint density at radius 1 is 1.40 bits per heavy atom. The van der Waals surface area contributed by atoms with E-state index in [2.05, 4.69) is 10.3 Å². The van der Waals surface area contributed by atoms with Crippen LogP contribution >= 0.6 is 0 Å². The fourth-order valence-electron chi connectivity index (χ4n) is 2.07. The second kappa shape index (κ2) is 5.57. The van der Waals surface area contributed by atoms with Crippen LogP contribution in [0.5, 0.6) is 0 Å². The Bertz CT molecular complexity index is 744. The van der Waals surface area contributed by atoms with E-state index in [-0.39, 0.29) is 17.7 Å². The Morgan fingerprint density at radius 3 is 2.80 bits per heavy atom. The van der Waals surface area contributed by atoms with Crippen molar-refractivity contribution in [3.8, 4) is 6.07 Å². The van der Waals surface area contributed by atoms with Crippen molar-refractivity contribution in [2.45, 2.75) is 20.4 Å². The van der Waals surface area contributed by atoms with Gasteiger partial charge in [0.15, 0.2) is 0 Å². The average molecular weight is 271 g/mol. The van der Waals surface area contributed by atoms with Gasteiger partial charge in [-0.3, -0.25) is 4.79 Å². The number of nitrogens with one attached hydrogen (secondary N) is 2. The second-order valence-electron chi connectivity index (χ2n) is 4.57. The summed E-state index contributed by atoms with van der Waals surface area (Å²) in [5.41, 5.74) is 2.38. The van der Waals surface area contributed by atoms with Gasteiger partial charge in [-0.25, -0.2) is 4.39 Å². The molecule has 0 aliphatic rings. The van der Waals surface area contributed by atoms with Gasteiger partial charge < -0.3 is 10.3 Å². The fraction of sp³-hybridized carbons (Fsp3) is 0.200. The molecule has 0 aliphatic carbocycles. The van der Waals surface area contributed by atoms with Gasteiger partial charge in [-0.1, -0.05) is 6.07 Å². The van der Waals surface area contributed by atoms with Gasteiger partial charge in [-0.05, 0) is 37.6 Å². The van der Waals surface area contributed by atoms with E-state index in [4.69, 9.17) is 5.26 Å². The largest absolute Gasteiger partial charge is 0.380 e. The van der Waals surface area contributed by atoms with Crippen molar-refractivity contribution in [2.24, 2.45) is 0 Å². The van der Waals surface area contributed by atoms with E-state index in [1.165, 1.54) is 12.1 Å². The van der Waals surface area contributed by atoms with Gasteiger partial charge in [-0.2, -0.15) is 5.26 Å². The molecule has 0 aliphatic heterocycles. The minimum absolute atomic E-state index is 0.0475. The van der Waals surface area contributed by atoms with Crippen LogP contribution in [0.4, 0.5) is 10.1 Å². The number of aromatic nitrogens is 1. The number of rotatable bonds is 3. The van der Waals surface area contributed by atoms with Crippen LogP contribution in [0.1, 0.15) is 22.4 Å². The lowest BCUT2D eigenvalue weighted by Crippen LogP contribution is -2.18. The maximum Gasteiger partial charge on any atom is 0.253 e. The van der Waals surface area contributed by atoms with Crippen molar-refractivity contribution < 1.29 is 4.39 Å². The van der Waals surface area contributed by atoms with Crippen molar-refractivity contribution in [3.05, 3.63) is 62.8 Å². The van der Waals surface area contributed by atoms with Crippen LogP contribution in [0, 0.1) is 31.0 Å². The molecule has 0 amide bonds. The van der Waals surface area contributed by atoms with Crippen LogP contribution in [0.3, 0.4) is 0 Å². The highest BCUT2D eigenvalue weighted by Gasteiger charge is 2.09. The van der Waals surface area contributed by atoms with E-state index >= 15 is 0 Å². The number of anilines is 1. The predicted octanol–water partition coefficient (Wildman–Crippen LogP) is 2.61. The molecule has 0 fully saturated rings. The highest BCUT2D eigenvalue weighted by atomic mass is 19.1. The molecule has 0 saturated heterocycles. The normalized spacial score (nSPS) is 10.1. The molecule has 0 radical (unpaired) electrons. The number of H-pyrrole nitrogens is 1. The number of aromatic amines is 1. The van der Waals surface area contributed by atoms with Gasteiger partial charge in [0.2, 0.25) is 0 Å². The van der Waals surface area contributed by atoms with Crippen LogP contribution < -0.4 is 10.9 Å². The molecule has 0 saturated carbocycles. The molecular formula is C15H14FN3O. The Morgan fingerprint density at radius 2 is 2.15 bits per heavy atom. The van der Waals surface area contributed by atoms with Crippen molar-refractivity contribution >= 4 is 5.69 Å². The quantitative estimate of drug-likeness (QED) is 0.901. The highest BCUT2D eigenvalue weighted by molar-refractivity contribution is 5.58. The lowest BCUT2D eigenvalue weighted by molar-refractivity contribution is 0.624. The Kier molecular flexibility index (Phi) is 3.85. The maximum absolute atomic E-state index is 13.5. The Hall–Kier alpha value is -2.61. The summed E-state index contributed by atoms with van der Waals surface area (Å²) in [6.45, 7) is 3.89. The van der Waals surface area contributed by atoms with Gasteiger partial charge in [0.25, 0.3) is 5.56 Å². The lowest BCUT2D eigenvalue weighted by atomic mass is 10.1. The second-order valence-corrected chi connectivity index (χ2v) is 4.57. The third-order valence-electron chi connectivity index (χ3n) is 3.07. The molecule has 0 spiro atoms. The molecule has 1 aromatic carbocycles. The van der Waals surface area contributed by atoms with E-state index in [1.54, 1.807) is 6.07 Å². The minimum atomic E-state index is -0.577. The maximum atomic E-state index is 13.5. The summed E-state index contributed by atoms with van der Waals surface area (Å²) in [7, 11) is 0. The van der Waals surface area contributed by atoms with Crippen LogP contribution in [0.2, 0.25) is 0 Å². The molecule has 102 valence electrons. The molecular weight excluding hydrogens is 257 g/mol. The van der Waals surface area contributed by atoms with Crippen molar-refractivity contribution in [3.63, 3.8) is 0 Å². The van der Waals surface area contributed by atoms with Gasteiger partial charge in [0.1, 0.15) is 17.4 Å². The summed E-state index contributed by atoms with van der Waals surface area (Å²) in [6.07, 6.45) is 0. The lowest BCUT2D eigenvalue weighted by Gasteiger charge is -2.10. The zero-order valence-corrected chi connectivity index (χ0v) is 11.2. The molecule has 1 aromatic heterocycles. The van der Waals surface area contributed by atoms with E-state index in [1.807, 2.05) is 26.0 Å². The first kappa shape index (κ1) is 13.8. The zero-order chi connectivity index (χ0) is 14.7. The molecule has 2 aromatic rings. The fourth-order valence-corrected chi connectivity index (χ4v) is 2.07. The molecule has 1 heterocycles. The standard InChI is InChI=1S/C15H14FN3O/c1-9-6-10(2)19-15(20)12(9)8-18-14-5-3-4-13(16)11(14)7-17/h3-6,18H,8H2,1-2H3,(H,19,20). The summed E-state index contributed by atoms with van der Waals surface area (Å²) >= 11 is 0. The first-order valence-corrected chi connectivity index (χ1v) is 6.15. The third kappa shape index (κ3) is 2.69. The molecule has 2 rings (SSSR count). The molecule has 20 heavy (non-hydrogen) atoms. The number of nitriles is 1. The van der Waals surface area contributed by atoms with E-state index in [9.17, 15) is 9.18 Å². The summed E-state index contributed by atoms with van der Waals surface area (Å²) in [6, 6.07) is 8.04. The summed E-state index contributed by atoms with van der Waals surface area (Å²) in [5.74, 6) is -0.577. The molecule has 0 unspecified atom stereocenters. The number of halogens is 1. The van der Waals surface area contributed by atoms with Gasteiger partial charge in [-0.15, -0.1) is 0 Å². The smallest absolute Gasteiger partial charge is 0.253 e. The zero-order valence-electron chi connectivity index (χ0n) is 11.2. The van der Waals surface area contributed by atoms with Crippen LogP contribution in [0.15, 0.2) is 29.1 Å². The number of pyridine rings is 1. The molecule has 5 heteroatoms. The summed E-state index contributed by atoms with van der Waals surface area (Å²) in [5, 5.41) is 11.9. The summed E-state index contributed by atoms with van der Waals surface area (Å²) in [4.78, 5) is 14.6. The van der Waals surface area contributed by atoms with Crippen molar-refractivity contribution in [1.82, 2.24) is 4.98 Å². The molecule has 0 atom stereocenters. The number of hydrogen-bond donors (Lipinski definition) is 2. The van der Waals surface area contributed by atoms with Crippen LogP contribution in [0.25, 0.3) is 0 Å². The van der Waals surface area contributed by atoms with E-state index in [0.29, 0.717) is 11.3 Å². The molecule has 2 N–H and O–H groups in total. The molecule has 0 bridgehead atoms. The van der Waals surface area contributed by atoms with Gasteiger partial charge in [0, 0.05) is 17.8 Å². The average Bonchev–Trinajstić information content (AvgIpc) is 2.37. The third-order valence-corrected chi connectivity index (χ3v) is 3.07. The van der Waals surface area contributed by atoms with Crippen LogP contribution in [-0.2, 0) is 6.54 Å². The summed E-state index contributed by atoms with van der Waals surface area (Å²) < 4.78 is 13.5. The number of hydrogen-bond acceptors (Lipinski definition) is 3. The molecule has 4 nitrogen and oxygen atoms in total. The Balaban J connectivity index is 2.29. The Labute approximate surface area is 115 Å². The minimum Gasteiger partial charge on any atom is -0.380 e. The van der Waals surface area contributed by atoms with Gasteiger partial charge in [0.05, 0.1) is 5.69 Å². The van der Waals surface area contributed by atoms with Gasteiger partial charge >= 0.3 is 0 Å². The van der Waals surface area contributed by atoms with Crippen molar-refractivity contribution in [1.29, 1.82) is 5.26 Å². The SMILES string of the molecule is Cc1cc(C)c(CNc2cccc(F)c2C#N)c(=O)[nH]1. The highest BCUT2D eigenvalue weighted by Crippen LogP contribution is 2.18. The monoisotopic (exact) mass is 271 g/mol. The number of benzene rings is 1. The number of nitrogens with zero attached hydrogens (tertiary/aromatic N) is 1. The number of aryl methyl sites for hydroxylation is 2. The first-order valence-electron chi connectivity index (χ1n) is 6.15. The van der Waals surface area contributed by atoms with E-state index in [0.717, 1.165) is 11.3 Å². The van der Waals surface area contributed by atoms with Crippen LogP contribution in [-0.4, -0.2) is 4.98 Å². The van der Waals surface area contributed by atoms with E-state index < -0.39 is 5.82 Å². The van der Waals surface area contributed by atoms with Crippen molar-refractivity contribution in [2.75, 3.05) is 5.32 Å². The first-order chi connectivity index (χ1) is 9.52. The predicted molar refractivity (Wildman–Crippen MR) is 75.0 cm³/mol. The topological polar surface area (TPSA) is 68.7 Å².